The first-order chi connectivity index (χ1) is 14.8. The lowest BCUT2D eigenvalue weighted by Gasteiger charge is -2.26. The molecule has 1 aromatic carbocycles. The number of thiazole rings is 1. The highest BCUT2D eigenvalue weighted by molar-refractivity contribution is 9.11. The van der Waals surface area contributed by atoms with Gasteiger partial charge in [0.15, 0.2) is 11.5 Å². The lowest BCUT2D eigenvalue weighted by Crippen LogP contribution is -2.39. The minimum atomic E-state index is -0.804. The molecule has 0 radical (unpaired) electrons. The van der Waals surface area contributed by atoms with Crippen molar-refractivity contribution in [2.45, 2.75) is 12.3 Å². The molecule has 0 aliphatic heterocycles. The number of hydrogen-bond donors (Lipinski definition) is 1. The van der Waals surface area contributed by atoms with Crippen LogP contribution in [0.2, 0.25) is 0 Å². The summed E-state index contributed by atoms with van der Waals surface area (Å²) in [6, 6.07) is 4.38. The van der Waals surface area contributed by atoms with Gasteiger partial charge in [0.05, 0.1) is 27.2 Å². The number of aromatic nitrogens is 4. The Morgan fingerprint density at radius 2 is 2.13 bits per heavy atom. The number of benzene rings is 1. The highest BCUT2D eigenvalue weighted by Gasteiger charge is 2.34. The second-order valence-electron chi connectivity index (χ2n) is 7.09. The minimum absolute atomic E-state index is 0.0146. The van der Waals surface area contributed by atoms with Gasteiger partial charge in [-0.1, -0.05) is 5.16 Å². The highest BCUT2D eigenvalue weighted by Crippen LogP contribution is 2.35. The quantitative estimate of drug-likeness (QED) is 0.420. The van der Waals surface area contributed by atoms with Crippen molar-refractivity contribution < 1.29 is 18.1 Å². The predicted octanol–water partition coefficient (Wildman–Crippen LogP) is 4.31. The number of carbonyl (C=O) groups is 1. The van der Waals surface area contributed by atoms with Crippen molar-refractivity contribution in [2.75, 3.05) is 6.54 Å². The van der Waals surface area contributed by atoms with E-state index in [1.807, 2.05) is 20.2 Å². The average molecular weight is 508 g/mol. The van der Waals surface area contributed by atoms with Crippen molar-refractivity contribution in [1.82, 2.24) is 25.2 Å². The fourth-order valence-electron chi connectivity index (χ4n) is 3.06. The molecule has 7 nitrogen and oxygen atoms in total. The normalized spacial score (nSPS) is 13.2. The van der Waals surface area contributed by atoms with Gasteiger partial charge in [-0.3, -0.25) is 9.48 Å². The molecule has 1 unspecified atom stereocenters. The third kappa shape index (κ3) is 4.28. The summed E-state index contributed by atoms with van der Waals surface area (Å²) in [6.07, 6.45) is 5.30. The van der Waals surface area contributed by atoms with Crippen molar-refractivity contribution in [3.8, 4) is 11.3 Å². The van der Waals surface area contributed by atoms with Gasteiger partial charge in [0.25, 0.3) is 5.91 Å². The number of aryl methyl sites for hydroxylation is 1. The second-order valence-corrected chi connectivity index (χ2v) is 9.50. The Morgan fingerprint density at radius 3 is 2.77 bits per heavy atom. The van der Waals surface area contributed by atoms with Gasteiger partial charge in [-0.25, -0.2) is 13.8 Å². The van der Waals surface area contributed by atoms with E-state index >= 15 is 0 Å². The molecule has 31 heavy (non-hydrogen) atoms. The molecule has 11 heteroatoms. The molecule has 4 rings (SSSR count). The molecule has 0 fully saturated rings. The predicted molar refractivity (Wildman–Crippen MR) is 114 cm³/mol. The van der Waals surface area contributed by atoms with Crippen LogP contribution in [0.5, 0.6) is 0 Å². The van der Waals surface area contributed by atoms with E-state index < -0.39 is 23.0 Å². The Bertz CT molecular complexity index is 1210. The van der Waals surface area contributed by atoms with Crippen LogP contribution >= 0.6 is 27.3 Å². The highest BCUT2D eigenvalue weighted by atomic mass is 79.9. The Labute approximate surface area is 188 Å². The number of hydrogen-bond acceptors (Lipinski definition) is 6. The topological polar surface area (TPSA) is 85.8 Å². The van der Waals surface area contributed by atoms with E-state index in [-0.39, 0.29) is 23.6 Å². The molecule has 1 N–H and O–H groups in total. The molecule has 0 aliphatic rings. The SMILES string of the molecule is Cn1cc(C(C)(CNC(=O)c2cc(-c3ccc(F)cc3F)on2)c2ncc(Br)s2)cn1. The summed E-state index contributed by atoms with van der Waals surface area (Å²) < 4.78 is 34.8. The molecule has 0 saturated heterocycles. The maximum absolute atomic E-state index is 14.0. The van der Waals surface area contributed by atoms with Crippen LogP contribution in [0.4, 0.5) is 8.78 Å². The van der Waals surface area contributed by atoms with Gasteiger partial charge in [0.2, 0.25) is 0 Å². The van der Waals surface area contributed by atoms with E-state index in [0.29, 0.717) is 0 Å². The number of amides is 1. The molecule has 0 bridgehead atoms. The van der Waals surface area contributed by atoms with Gasteiger partial charge >= 0.3 is 0 Å². The standard InChI is InChI=1S/C20H16BrF2N5O2S/c1-20(11-7-26-28(2)9-11,19-24-8-17(21)31-19)10-25-18(29)15-6-16(30-27-15)13-4-3-12(22)5-14(13)23/h3-9H,10H2,1-2H3,(H,25,29). The summed E-state index contributed by atoms with van der Waals surface area (Å²) in [5.74, 6) is -1.98. The monoisotopic (exact) mass is 507 g/mol. The van der Waals surface area contributed by atoms with Crippen LogP contribution in [0.3, 0.4) is 0 Å². The maximum Gasteiger partial charge on any atom is 0.273 e. The lowest BCUT2D eigenvalue weighted by molar-refractivity contribution is 0.0938. The third-order valence-corrected chi connectivity index (χ3v) is 6.57. The number of nitrogens with one attached hydrogen (secondary N) is 1. The van der Waals surface area contributed by atoms with Crippen LogP contribution in [-0.4, -0.2) is 32.4 Å². The maximum atomic E-state index is 14.0. The summed E-state index contributed by atoms with van der Waals surface area (Å²) >= 11 is 4.89. The summed E-state index contributed by atoms with van der Waals surface area (Å²) in [5, 5.41) is 11.6. The molecule has 3 aromatic heterocycles. The first kappa shape index (κ1) is 21.3. The van der Waals surface area contributed by atoms with Crippen molar-refractivity contribution in [3.63, 3.8) is 0 Å². The van der Waals surface area contributed by atoms with Crippen molar-refractivity contribution in [2.24, 2.45) is 7.05 Å². The summed E-state index contributed by atoms with van der Waals surface area (Å²) in [6.45, 7) is 2.17. The lowest BCUT2D eigenvalue weighted by atomic mass is 9.85. The molecule has 1 atom stereocenters. The average Bonchev–Trinajstić information content (AvgIpc) is 3.47. The van der Waals surface area contributed by atoms with Crippen LogP contribution in [0.25, 0.3) is 11.3 Å². The zero-order chi connectivity index (χ0) is 22.2. The number of carbonyl (C=O) groups excluding carboxylic acids is 1. The van der Waals surface area contributed by atoms with Crippen molar-refractivity contribution in [3.05, 3.63) is 74.5 Å². The third-order valence-electron chi connectivity index (χ3n) is 4.83. The Balaban J connectivity index is 1.56. The van der Waals surface area contributed by atoms with E-state index in [4.69, 9.17) is 4.52 Å². The van der Waals surface area contributed by atoms with Gasteiger partial charge in [-0.15, -0.1) is 11.3 Å². The Kier molecular flexibility index (Phi) is 5.71. The van der Waals surface area contributed by atoms with Gasteiger partial charge in [-0.2, -0.15) is 5.10 Å². The van der Waals surface area contributed by atoms with Crippen LogP contribution in [0.1, 0.15) is 28.0 Å². The minimum Gasteiger partial charge on any atom is -0.355 e. The van der Waals surface area contributed by atoms with E-state index in [1.54, 1.807) is 17.1 Å². The summed E-state index contributed by atoms with van der Waals surface area (Å²) in [7, 11) is 1.81. The van der Waals surface area contributed by atoms with Crippen LogP contribution in [-0.2, 0) is 12.5 Å². The van der Waals surface area contributed by atoms with Gasteiger partial charge in [-0.05, 0) is 35.0 Å². The Morgan fingerprint density at radius 1 is 1.32 bits per heavy atom. The molecule has 3 heterocycles. The zero-order valence-electron chi connectivity index (χ0n) is 16.4. The van der Waals surface area contributed by atoms with Crippen LogP contribution < -0.4 is 5.32 Å². The largest absolute Gasteiger partial charge is 0.355 e. The zero-order valence-corrected chi connectivity index (χ0v) is 18.8. The molecule has 160 valence electrons. The van der Waals surface area contributed by atoms with E-state index in [0.717, 1.165) is 26.5 Å². The molecular formula is C20H16BrF2N5O2S. The Hall–Kier alpha value is -2.92. The van der Waals surface area contributed by atoms with E-state index in [1.165, 1.54) is 23.5 Å². The molecule has 4 aromatic rings. The first-order valence-electron chi connectivity index (χ1n) is 9.07. The van der Waals surface area contributed by atoms with E-state index in [2.05, 4.69) is 36.5 Å². The molecule has 0 spiro atoms. The summed E-state index contributed by atoms with van der Waals surface area (Å²) in [4.78, 5) is 17.2. The van der Waals surface area contributed by atoms with Crippen LogP contribution in [0.15, 0.2) is 51.2 Å². The van der Waals surface area contributed by atoms with E-state index in [9.17, 15) is 13.6 Å². The number of halogens is 3. The van der Waals surface area contributed by atoms with Gasteiger partial charge in [0, 0.05) is 37.5 Å². The van der Waals surface area contributed by atoms with Crippen molar-refractivity contribution >= 4 is 33.2 Å². The second kappa shape index (κ2) is 8.31. The number of nitrogens with zero attached hydrogens (tertiary/aromatic N) is 4. The molecule has 0 aliphatic carbocycles. The smallest absolute Gasteiger partial charge is 0.273 e. The molecule has 0 saturated carbocycles. The molecular weight excluding hydrogens is 492 g/mol. The van der Waals surface area contributed by atoms with Crippen molar-refractivity contribution in [1.29, 1.82) is 0 Å². The number of rotatable bonds is 6. The fourth-order valence-corrected chi connectivity index (χ4v) is 4.44. The van der Waals surface area contributed by atoms with Gasteiger partial charge < -0.3 is 9.84 Å². The van der Waals surface area contributed by atoms with Crippen LogP contribution in [0, 0.1) is 11.6 Å². The molecule has 1 amide bonds. The van der Waals surface area contributed by atoms with Gasteiger partial charge in [0.1, 0.15) is 16.6 Å². The fraction of sp³-hybridized carbons (Fsp3) is 0.200. The summed E-state index contributed by atoms with van der Waals surface area (Å²) in [5.41, 5.74) is 0.232. The first-order valence-corrected chi connectivity index (χ1v) is 10.7.